The van der Waals surface area contributed by atoms with Crippen molar-refractivity contribution in [3.8, 4) is 45.3 Å². The second-order valence-corrected chi connectivity index (χ2v) is 15.4. The summed E-state index contributed by atoms with van der Waals surface area (Å²) in [7, 11) is 0. The summed E-state index contributed by atoms with van der Waals surface area (Å²) in [5, 5.41) is 2.61. The van der Waals surface area contributed by atoms with Gasteiger partial charge in [0.25, 0.3) is 0 Å². The van der Waals surface area contributed by atoms with E-state index in [4.69, 9.17) is 15.0 Å². The number of aromatic nitrogens is 3. The zero-order valence-corrected chi connectivity index (χ0v) is 30.3. The van der Waals surface area contributed by atoms with Gasteiger partial charge in [-0.2, -0.15) is 0 Å². The van der Waals surface area contributed by atoms with Crippen molar-refractivity contribution >= 4 is 31.5 Å². The van der Waals surface area contributed by atoms with Crippen LogP contribution in [0.25, 0.3) is 65.5 Å². The molecule has 9 aromatic rings. The van der Waals surface area contributed by atoms with Gasteiger partial charge in [0.1, 0.15) is 0 Å². The molecule has 4 heteroatoms. The molecule has 53 heavy (non-hydrogen) atoms. The first kappa shape index (κ1) is 31.5. The SMILES string of the molecule is CC1(C)c2ccccc2-c2ccccc2C1(c1ccc(-c2nc(-c3ccccc3)nc(-c3ccccc3)n2)cc1)c1cccc2c1sc1ccccc12. The summed E-state index contributed by atoms with van der Waals surface area (Å²) in [5.41, 5.74) is 9.81. The average molecular weight is 698 g/mol. The first-order chi connectivity index (χ1) is 26.0. The maximum atomic E-state index is 5.06. The molecule has 0 saturated carbocycles. The number of benzene rings is 7. The topological polar surface area (TPSA) is 38.7 Å². The number of nitrogens with zero attached hydrogens (tertiary/aromatic N) is 3. The molecule has 0 amide bonds. The third-order valence-electron chi connectivity index (χ3n) is 11.2. The molecule has 2 aromatic heterocycles. The van der Waals surface area contributed by atoms with Gasteiger partial charge in [-0.05, 0) is 39.4 Å². The van der Waals surface area contributed by atoms with Crippen LogP contribution in [0.5, 0.6) is 0 Å². The van der Waals surface area contributed by atoms with Crippen LogP contribution in [0.4, 0.5) is 0 Å². The van der Waals surface area contributed by atoms with Gasteiger partial charge in [-0.1, -0.05) is 184 Å². The summed E-state index contributed by atoms with van der Waals surface area (Å²) in [6, 6.07) is 63.2. The van der Waals surface area contributed by atoms with E-state index in [9.17, 15) is 0 Å². The standard InChI is InChI=1S/C49H35N3S/c1-48(2)40-24-12-9-20-36(40)37-21-10-13-25-41(37)49(48,42-26-15-23-39-38-22-11-14-27-43(38)53-44(39)42)35-30-28-34(29-31-35)47-51-45(32-16-5-3-6-17-32)50-46(52-47)33-18-7-4-8-19-33/h3-31H,1-2H3. The van der Waals surface area contributed by atoms with Crippen molar-refractivity contribution in [2.24, 2.45) is 0 Å². The van der Waals surface area contributed by atoms with E-state index >= 15 is 0 Å². The molecule has 3 nitrogen and oxygen atoms in total. The summed E-state index contributed by atoms with van der Waals surface area (Å²) in [5.74, 6) is 1.97. The third kappa shape index (κ3) is 4.76. The Balaban J connectivity index is 1.24. The smallest absolute Gasteiger partial charge is 0.164 e. The van der Waals surface area contributed by atoms with Crippen LogP contribution in [-0.4, -0.2) is 15.0 Å². The van der Waals surface area contributed by atoms with Crippen molar-refractivity contribution in [2.75, 3.05) is 0 Å². The van der Waals surface area contributed by atoms with E-state index in [2.05, 4.69) is 153 Å². The molecule has 0 fully saturated rings. The second kappa shape index (κ2) is 12.2. The molecule has 1 aliphatic rings. The van der Waals surface area contributed by atoms with Gasteiger partial charge < -0.3 is 0 Å². The Morgan fingerprint density at radius 3 is 1.51 bits per heavy atom. The number of rotatable bonds is 5. The zero-order valence-electron chi connectivity index (χ0n) is 29.5. The van der Waals surface area contributed by atoms with Crippen molar-refractivity contribution in [2.45, 2.75) is 24.7 Å². The minimum absolute atomic E-state index is 0.335. The zero-order chi connectivity index (χ0) is 35.6. The molecule has 10 rings (SSSR count). The molecule has 2 heterocycles. The van der Waals surface area contributed by atoms with Crippen LogP contribution in [0, 0.1) is 0 Å². The lowest BCUT2D eigenvalue weighted by Gasteiger charge is -2.53. The Bertz CT molecular complexity index is 2750. The highest BCUT2D eigenvalue weighted by molar-refractivity contribution is 7.26. The summed E-state index contributed by atoms with van der Waals surface area (Å²) in [4.78, 5) is 15.0. The van der Waals surface area contributed by atoms with Crippen molar-refractivity contribution in [3.05, 3.63) is 198 Å². The van der Waals surface area contributed by atoms with Gasteiger partial charge in [-0.15, -0.1) is 11.3 Å². The Morgan fingerprint density at radius 2 is 0.868 bits per heavy atom. The Kier molecular flexibility index (Phi) is 7.24. The number of fused-ring (bicyclic) bond motifs is 6. The van der Waals surface area contributed by atoms with Crippen molar-refractivity contribution in [1.82, 2.24) is 15.0 Å². The summed E-state index contributed by atoms with van der Waals surface area (Å²) < 4.78 is 2.64. The molecule has 0 N–H and O–H groups in total. The van der Waals surface area contributed by atoms with E-state index in [1.807, 2.05) is 47.7 Å². The van der Waals surface area contributed by atoms with Crippen molar-refractivity contribution in [3.63, 3.8) is 0 Å². The summed E-state index contributed by atoms with van der Waals surface area (Å²) in [6.07, 6.45) is 0. The molecular weight excluding hydrogens is 663 g/mol. The van der Waals surface area contributed by atoms with Crippen molar-refractivity contribution in [1.29, 1.82) is 0 Å². The fourth-order valence-electron chi connectivity index (χ4n) is 8.85. The Labute approximate surface area is 313 Å². The quantitative estimate of drug-likeness (QED) is 0.180. The fourth-order valence-corrected chi connectivity index (χ4v) is 10.1. The van der Waals surface area contributed by atoms with Crippen LogP contribution in [-0.2, 0) is 10.8 Å². The highest BCUT2D eigenvalue weighted by atomic mass is 32.1. The molecule has 0 aliphatic heterocycles. The van der Waals surface area contributed by atoms with Gasteiger partial charge >= 0.3 is 0 Å². The predicted octanol–water partition coefficient (Wildman–Crippen LogP) is 12.5. The maximum absolute atomic E-state index is 5.06. The van der Waals surface area contributed by atoms with Crippen LogP contribution >= 0.6 is 11.3 Å². The molecule has 0 saturated heterocycles. The van der Waals surface area contributed by atoms with Crippen LogP contribution in [0.15, 0.2) is 176 Å². The van der Waals surface area contributed by atoms with Crippen LogP contribution < -0.4 is 0 Å². The van der Waals surface area contributed by atoms with Gasteiger partial charge in [0.05, 0.1) is 5.41 Å². The average Bonchev–Trinajstić information content (AvgIpc) is 3.61. The Hall–Kier alpha value is -6.23. The number of hydrogen-bond donors (Lipinski definition) is 0. The van der Waals surface area contributed by atoms with Gasteiger partial charge in [-0.3, -0.25) is 0 Å². The molecule has 0 radical (unpaired) electrons. The summed E-state index contributed by atoms with van der Waals surface area (Å²) in [6.45, 7) is 4.87. The molecule has 1 atom stereocenters. The largest absolute Gasteiger partial charge is 0.208 e. The van der Waals surface area contributed by atoms with E-state index in [1.54, 1.807) is 0 Å². The molecule has 0 bridgehead atoms. The van der Waals surface area contributed by atoms with E-state index < -0.39 is 5.41 Å². The van der Waals surface area contributed by atoms with Gasteiger partial charge in [0.2, 0.25) is 0 Å². The first-order valence-corrected chi connectivity index (χ1v) is 18.9. The highest BCUT2D eigenvalue weighted by Crippen LogP contribution is 2.61. The monoisotopic (exact) mass is 697 g/mol. The first-order valence-electron chi connectivity index (χ1n) is 18.1. The van der Waals surface area contributed by atoms with Crippen LogP contribution in [0.3, 0.4) is 0 Å². The van der Waals surface area contributed by atoms with Gasteiger partial charge in [0, 0.05) is 42.3 Å². The minimum atomic E-state index is -0.527. The lowest BCUT2D eigenvalue weighted by atomic mass is 9.49. The van der Waals surface area contributed by atoms with Crippen LogP contribution in [0.2, 0.25) is 0 Å². The minimum Gasteiger partial charge on any atom is -0.208 e. The molecule has 7 aromatic carbocycles. The van der Waals surface area contributed by atoms with Gasteiger partial charge in [-0.25, -0.2) is 15.0 Å². The predicted molar refractivity (Wildman–Crippen MR) is 220 cm³/mol. The van der Waals surface area contributed by atoms with Crippen LogP contribution in [0.1, 0.15) is 36.1 Å². The lowest BCUT2D eigenvalue weighted by molar-refractivity contribution is 0.356. The third-order valence-corrected chi connectivity index (χ3v) is 12.5. The van der Waals surface area contributed by atoms with Gasteiger partial charge in [0.15, 0.2) is 17.5 Å². The molecule has 1 aliphatic carbocycles. The van der Waals surface area contributed by atoms with E-state index in [1.165, 1.54) is 53.6 Å². The number of hydrogen-bond acceptors (Lipinski definition) is 4. The normalized spacial score (nSPS) is 16.0. The number of thiophene rings is 1. The van der Waals surface area contributed by atoms with E-state index in [0.29, 0.717) is 17.5 Å². The fraction of sp³-hybridized carbons (Fsp3) is 0.0816. The van der Waals surface area contributed by atoms with E-state index in [0.717, 1.165) is 16.7 Å². The summed E-state index contributed by atoms with van der Waals surface area (Å²) >= 11 is 1.90. The molecule has 0 spiro atoms. The molecule has 1 unspecified atom stereocenters. The molecular formula is C49H35N3S. The molecule has 252 valence electrons. The van der Waals surface area contributed by atoms with Crippen molar-refractivity contribution < 1.29 is 0 Å². The Morgan fingerprint density at radius 1 is 0.396 bits per heavy atom. The highest BCUT2D eigenvalue weighted by Gasteiger charge is 2.55. The maximum Gasteiger partial charge on any atom is 0.164 e. The lowest BCUT2D eigenvalue weighted by Crippen LogP contribution is -2.49. The van der Waals surface area contributed by atoms with E-state index in [-0.39, 0.29) is 5.41 Å². The second-order valence-electron chi connectivity index (χ2n) is 14.4.